The molecular weight excluding hydrogens is 366 g/mol. The van der Waals surface area contributed by atoms with Crippen molar-refractivity contribution in [2.45, 2.75) is 0 Å². The Morgan fingerprint density at radius 2 is 1.96 bits per heavy atom. The van der Waals surface area contributed by atoms with Crippen molar-refractivity contribution >= 4 is 44.5 Å². The maximum atomic E-state index is 12.4. The van der Waals surface area contributed by atoms with E-state index in [1.807, 2.05) is 0 Å². The zero-order valence-electron chi connectivity index (χ0n) is 11.4. The molecule has 2 aromatic heterocycles. The van der Waals surface area contributed by atoms with Crippen molar-refractivity contribution in [3.63, 3.8) is 0 Å². The van der Waals surface area contributed by atoms with E-state index in [0.29, 0.717) is 11.2 Å². The number of imide groups is 1. The molecule has 0 saturated carbocycles. The van der Waals surface area contributed by atoms with Crippen molar-refractivity contribution in [2.75, 3.05) is 5.73 Å². The van der Waals surface area contributed by atoms with E-state index in [1.165, 1.54) is 4.57 Å². The third-order valence-corrected chi connectivity index (χ3v) is 4.43. The van der Waals surface area contributed by atoms with E-state index in [4.69, 9.17) is 5.73 Å². The number of benzene rings is 1. The molecule has 4 rings (SSSR count). The van der Waals surface area contributed by atoms with Gasteiger partial charge in [-0.25, -0.2) is 0 Å². The summed E-state index contributed by atoms with van der Waals surface area (Å²) < 4.78 is 1.98. The second kappa shape index (κ2) is 4.53. The highest BCUT2D eigenvalue weighted by atomic mass is 79.9. The van der Waals surface area contributed by atoms with Crippen LogP contribution in [0.25, 0.3) is 16.6 Å². The number of fused-ring (bicyclic) bond motifs is 2. The van der Waals surface area contributed by atoms with Crippen molar-refractivity contribution in [2.24, 2.45) is 0 Å². The van der Waals surface area contributed by atoms with Gasteiger partial charge >= 0.3 is 0 Å². The Morgan fingerprint density at radius 1 is 1.17 bits per heavy atom. The largest absolute Gasteiger partial charge is 0.384 e. The molecule has 1 aromatic carbocycles. The first kappa shape index (κ1) is 13.7. The molecule has 3 aromatic rings. The SMILES string of the molecule is Nc1c2c(cc(=O)n1-c1ccc(Br)c3cn[nH]c13)C(=O)NC2=O. The number of nitrogens with one attached hydrogen (secondary N) is 2. The number of amides is 2. The Kier molecular flexibility index (Phi) is 2.70. The molecule has 23 heavy (non-hydrogen) atoms. The van der Waals surface area contributed by atoms with Gasteiger partial charge in [0.25, 0.3) is 17.4 Å². The molecule has 0 fully saturated rings. The monoisotopic (exact) mass is 373 g/mol. The van der Waals surface area contributed by atoms with Gasteiger partial charge in [-0.3, -0.25) is 29.4 Å². The highest BCUT2D eigenvalue weighted by molar-refractivity contribution is 9.10. The van der Waals surface area contributed by atoms with Gasteiger partial charge in [-0.05, 0) is 12.1 Å². The highest BCUT2D eigenvalue weighted by Crippen LogP contribution is 2.29. The van der Waals surface area contributed by atoms with Crippen LogP contribution in [-0.4, -0.2) is 26.6 Å². The van der Waals surface area contributed by atoms with Gasteiger partial charge in [0.05, 0.1) is 28.5 Å². The molecule has 3 heterocycles. The molecule has 1 aliphatic heterocycles. The number of H-pyrrole nitrogens is 1. The summed E-state index contributed by atoms with van der Waals surface area (Å²) in [4.78, 5) is 36.0. The topological polar surface area (TPSA) is 123 Å². The van der Waals surface area contributed by atoms with Gasteiger partial charge in [-0.1, -0.05) is 15.9 Å². The van der Waals surface area contributed by atoms with E-state index in [0.717, 1.165) is 15.9 Å². The Balaban J connectivity index is 2.11. The van der Waals surface area contributed by atoms with Crippen molar-refractivity contribution in [3.8, 4) is 5.69 Å². The summed E-state index contributed by atoms with van der Waals surface area (Å²) >= 11 is 3.40. The average molecular weight is 374 g/mol. The molecule has 0 radical (unpaired) electrons. The van der Waals surface area contributed by atoms with E-state index in [1.54, 1.807) is 18.3 Å². The lowest BCUT2D eigenvalue weighted by molar-refractivity contribution is 0.0880. The quantitative estimate of drug-likeness (QED) is 0.547. The third-order valence-electron chi connectivity index (χ3n) is 3.73. The summed E-state index contributed by atoms with van der Waals surface area (Å²) in [6.45, 7) is 0. The van der Waals surface area contributed by atoms with Crippen LogP contribution in [0.3, 0.4) is 0 Å². The number of aromatic nitrogens is 3. The number of nitrogens with two attached hydrogens (primary N) is 1. The van der Waals surface area contributed by atoms with E-state index >= 15 is 0 Å². The van der Waals surface area contributed by atoms with Crippen LogP contribution in [0, 0.1) is 0 Å². The van der Waals surface area contributed by atoms with Gasteiger partial charge in [-0.2, -0.15) is 5.10 Å². The van der Waals surface area contributed by atoms with E-state index in [2.05, 4.69) is 31.4 Å². The van der Waals surface area contributed by atoms with Crippen LogP contribution in [0.15, 0.2) is 33.7 Å². The van der Waals surface area contributed by atoms with Gasteiger partial charge in [0.2, 0.25) is 0 Å². The molecule has 0 aliphatic carbocycles. The van der Waals surface area contributed by atoms with Gasteiger partial charge in [0, 0.05) is 15.9 Å². The lowest BCUT2D eigenvalue weighted by Gasteiger charge is -2.13. The van der Waals surface area contributed by atoms with Crippen LogP contribution >= 0.6 is 15.9 Å². The highest BCUT2D eigenvalue weighted by Gasteiger charge is 2.32. The molecule has 9 heteroatoms. The molecule has 0 bridgehead atoms. The predicted molar refractivity (Wildman–Crippen MR) is 85.6 cm³/mol. The van der Waals surface area contributed by atoms with E-state index in [-0.39, 0.29) is 16.9 Å². The minimum absolute atomic E-state index is 0.00480. The maximum Gasteiger partial charge on any atom is 0.262 e. The fourth-order valence-electron chi connectivity index (χ4n) is 2.70. The number of hydrogen-bond acceptors (Lipinski definition) is 5. The van der Waals surface area contributed by atoms with Crippen LogP contribution < -0.4 is 16.6 Å². The molecular formula is C14H8BrN5O3. The summed E-state index contributed by atoms with van der Waals surface area (Å²) in [5.41, 5.74) is 6.53. The third kappa shape index (κ3) is 1.77. The van der Waals surface area contributed by atoms with Crippen LogP contribution in [-0.2, 0) is 0 Å². The molecule has 1 aliphatic rings. The number of carbonyl (C=O) groups excluding carboxylic acids is 2. The summed E-state index contributed by atoms with van der Waals surface area (Å²) in [5, 5.41) is 9.66. The number of anilines is 1. The summed E-state index contributed by atoms with van der Waals surface area (Å²) in [6, 6.07) is 4.52. The summed E-state index contributed by atoms with van der Waals surface area (Å²) in [7, 11) is 0. The van der Waals surface area contributed by atoms with Crippen molar-refractivity contribution in [1.29, 1.82) is 0 Å². The van der Waals surface area contributed by atoms with Gasteiger partial charge < -0.3 is 5.73 Å². The predicted octanol–water partition coefficient (Wildman–Crippen LogP) is 0.942. The van der Waals surface area contributed by atoms with Crippen LogP contribution in [0.1, 0.15) is 20.7 Å². The van der Waals surface area contributed by atoms with Crippen LogP contribution in [0.2, 0.25) is 0 Å². The van der Waals surface area contributed by atoms with Crippen LogP contribution in [0.5, 0.6) is 0 Å². The minimum Gasteiger partial charge on any atom is -0.384 e. The van der Waals surface area contributed by atoms with Gasteiger partial charge in [0.1, 0.15) is 5.82 Å². The lowest BCUT2D eigenvalue weighted by atomic mass is 10.1. The zero-order chi connectivity index (χ0) is 16.3. The summed E-state index contributed by atoms with van der Waals surface area (Å²) in [6.07, 6.45) is 1.60. The Bertz CT molecular complexity index is 1080. The van der Waals surface area contributed by atoms with Gasteiger partial charge in [0.15, 0.2) is 0 Å². The first-order valence-corrected chi connectivity index (χ1v) is 7.31. The van der Waals surface area contributed by atoms with E-state index < -0.39 is 17.4 Å². The first-order chi connectivity index (χ1) is 11.0. The lowest BCUT2D eigenvalue weighted by Crippen LogP contribution is -2.24. The van der Waals surface area contributed by atoms with Gasteiger partial charge in [-0.15, -0.1) is 0 Å². The number of pyridine rings is 1. The number of halogens is 1. The molecule has 0 atom stereocenters. The number of nitrogen functional groups attached to an aromatic ring is 1. The molecule has 114 valence electrons. The fourth-order valence-corrected chi connectivity index (χ4v) is 3.13. The zero-order valence-corrected chi connectivity index (χ0v) is 13.0. The van der Waals surface area contributed by atoms with Crippen molar-refractivity contribution in [1.82, 2.24) is 20.1 Å². The molecule has 8 nitrogen and oxygen atoms in total. The Labute approximate surface area is 136 Å². The molecule has 0 spiro atoms. The number of nitrogens with zero attached hydrogens (tertiary/aromatic N) is 2. The molecule has 0 unspecified atom stereocenters. The Hall–Kier alpha value is -2.94. The molecule has 2 amide bonds. The van der Waals surface area contributed by atoms with E-state index in [9.17, 15) is 14.4 Å². The first-order valence-electron chi connectivity index (χ1n) is 6.52. The maximum absolute atomic E-state index is 12.4. The smallest absolute Gasteiger partial charge is 0.262 e. The number of aromatic amines is 1. The van der Waals surface area contributed by atoms with Crippen molar-refractivity contribution < 1.29 is 9.59 Å². The second-order valence-electron chi connectivity index (χ2n) is 5.00. The number of rotatable bonds is 1. The molecule has 0 saturated heterocycles. The standard InChI is InChI=1S/C14H8BrN5O3/c15-7-1-2-8(11-6(7)4-17-19-11)20-9(21)3-5-10(12(20)16)14(23)18-13(5)22/h1-4H,16H2,(H,17,19)(H,18,22,23). The number of hydrogen-bond donors (Lipinski definition) is 3. The van der Waals surface area contributed by atoms with Crippen molar-refractivity contribution in [3.05, 3.63) is 50.3 Å². The second-order valence-corrected chi connectivity index (χ2v) is 5.85. The fraction of sp³-hybridized carbons (Fsp3) is 0. The normalized spacial score (nSPS) is 13.4. The van der Waals surface area contributed by atoms with Crippen LogP contribution in [0.4, 0.5) is 5.82 Å². The minimum atomic E-state index is -0.622. The number of carbonyl (C=O) groups is 2. The summed E-state index contributed by atoms with van der Waals surface area (Å²) in [5.74, 6) is -1.33. The Morgan fingerprint density at radius 3 is 2.74 bits per heavy atom. The average Bonchev–Trinajstić information content (AvgIpc) is 3.08. The molecule has 4 N–H and O–H groups in total.